The SMILES string of the molecule is Cn1cc(COc2c(F)cc(C(=O)O)cc2F)cn1. The normalized spacial score (nSPS) is 10.5. The van der Waals surface area contributed by atoms with Crippen LogP contribution in [0.5, 0.6) is 5.75 Å². The summed E-state index contributed by atoms with van der Waals surface area (Å²) < 4.78 is 33.6. The summed E-state index contributed by atoms with van der Waals surface area (Å²) in [5.41, 5.74) is 0.173. The monoisotopic (exact) mass is 268 g/mol. The molecule has 0 aliphatic carbocycles. The molecule has 1 aromatic heterocycles. The molecular weight excluding hydrogens is 258 g/mol. The van der Waals surface area contributed by atoms with Crippen LogP contribution in [0.1, 0.15) is 15.9 Å². The molecular formula is C12H10F2N2O3. The van der Waals surface area contributed by atoms with E-state index in [4.69, 9.17) is 9.84 Å². The number of hydrogen-bond donors (Lipinski definition) is 1. The lowest BCUT2D eigenvalue weighted by Gasteiger charge is -2.08. The number of hydrogen-bond acceptors (Lipinski definition) is 3. The topological polar surface area (TPSA) is 64.3 Å². The van der Waals surface area contributed by atoms with Crippen molar-refractivity contribution in [2.45, 2.75) is 6.61 Å². The first-order chi connectivity index (χ1) is 8.97. The molecule has 19 heavy (non-hydrogen) atoms. The van der Waals surface area contributed by atoms with E-state index in [0.717, 1.165) is 0 Å². The van der Waals surface area contributed by atoms with E-state index < -0.39 is 28.9 Å². The van der Waals surface area contributed by atoms with Crippen molar-refractivity contribution >= 4 is 5.97 Å². The van der Waals surface area contributed by atoms with E-state index in [2.05, 4.69) is 5.10 Å². The first-order valence-electron chi connectivity index (χ1n) is 5.30. The Morgan fingerprint density at radius 2 is 2.05 bits per heavy atom. The Morgan fingerprint density at radius 3 is 2.53 bits per heavy atom. The van der Waals surface area contributed by atoms with Crippen LogP contribution < -0.4 is 4.74 Å². The summed E-state index contributed by atoms with van der Waals surface area (Å²) in [4.78, 5) is 10.6. The van der Waals surface area contributed by atoms with Gasteiger partial charge in [-0.15, -0.1) is 0 Å². The molecule has 7 heteroatoms. The number of nitrogens with zero attached hydrogens (tertiary/aromatic N) is 2. The minimum atomic E-state index is -1.41. The van der Waals surface area contributed by atoms with Crippen LogP contribution in [-0.2, 0) is 13.7 Å². The smallest absolute Gasteiger partial charge is 0.335 e. The van der Waals surface area contributed by atoms with Gasteiger partial charge in [0.2, 0.25) is 0 Å². The number of rotatable bonds is 4. The molecule has 0 fully saturated rings. The average Bonchev–Trinajstić information content (AvgIpc) is 2.73. The van der Waals surface area contributed by atoms with Gasteiger partial charge >= 0.3 is 5.97 Å². The van der Waals surface area contributed by atoms with E-state index in [1.165, 1.54) is 10.9 Å². The number of ether oxygens (including phenoxy) is 1. The van der Waals surface area contributed by atoms with Crippen LogP contribution in [-0.4, -0.2) is 20.9 Å². The van der Waals surface area contributed by atoms with Crippen molar-refractivity contribution in [3.8, 4) is 5.75 Å². The Kier molecular flexibility index (Phi) is 3.46. The minimum absolute atomic E-state index is 0.0614. The summed E-state index contributed by atoms with van der Waals surface area (Å²) in [7, 11) is 1.70. The van der Waals surface area contributed by atoms with Gasteiger partial charge in [0.05, 0.1) is 11.8 Å². The fourth-order valence-corrected chi connectivity index (χ4v) is 1.52. The van der Waals surface area contributed by atoms with Crippen LogP contribution in [0.25, 0.3) is 0 Å². The highest BCUT2D eigenvalue weighted by molar-refractivity contribution is 5.87. The Balaban J connectivity index is 2.18. The van der Waals surface area contributed by atoms with Gasteiger partial charge in [-0.2, -0.15) is 5.10 Å². The second-order valence-electron chi connectivity index (χ2n) is 3.89. The van der Waals surface area contributed by atoms with E-state index in [-0.39, 0.29) is 6.61 Å². The van der Waals surface area contributed by atoms with E-state index in [1.54, 1.807) is 13.2 Å². The molecule has 0 saturated heterocycles. The lowest BCUT2D eigenvalue weighted by molar-refractivity contribution is 0.0695. The summed E-state index contributed by atoms with van der Waals surface area (Å²) in [5.74, 6) is -4.12. The molecule has 0 aliphatic heterocycles. The number of carbonyl (C=O) groups is 1. The van der Waals surface area contributed by atoms with Gasteiger partial charge in [0, 0.05) is 18.8 Å². The van der Waals surface area contributed by atoms with Crippen molar-refractivity contribution in [1.82, 2.24) is 9.78 Å². The van der Waals surface area contributed by atoms with Gasteiger partial charge in [-0.05, 0) is 12.1 Å². The molecule has 2 rings (SSSR count). The van der Waals surface area contributed by atoms with Crippen LogP contribution in [0.4, 0.5) is 8.78 Å². The van der Waals surface area contributed by atoms with Crippen LogP contribution >= 0.6 is 0 Å². The number of aromatic nitrogens is 2. The molecule has 5 nitrogen and oxygen atoms in total. The largest absolute Gasteiger partial charge is 0.483 e. The molecule has 1 aromatic carbocycles. The predicted octanol–water partition coefficient (Wildman–Crippen LogP) is 1.98. The van der Waals surface area contributed by atoms with Gasteiger partial charge in [0.25, 0.3) is 0 Å². The highest BCUT2D eigenvalue weighted by Crippen LogP contribution is 2.24. The number of carboxylic acids is 1. The maximum atomic E-state index is 13.5. The number of aryl methyl sites for hydroxylation is 1. The van der Waals surface area contributed by atoms with Crippen LogP contribution in [0.2, 0.25) is 0 Å². The highest BCUT2D eigenvalue weighted by Gasteiger charge is 2.16. The van der Waals surface area contributed by atoms with Gasteiger partial charge in [-0.1, -0.05) is 0 Å². The molecule has 0 saturated carbocycles. The number of benzene rings is 1. The van der Waals surface area contributed by atoms with Crippen molar-refractivity contribution in [2.24, 2.45) is 7.05 Å². The molecule has 1 N–H and O–H groups in total. The molecule has 0 aliphatic rings. The van der Waals surface area contributed by atoms with Crippen LogP contribution in [0.3, 0.4) is 0 Å². The van der Waals surface area contributed by atoms with Gasteiger partial charge in [-0.25, -0.2) is 13.6 Å². The molecule has 0 amide bonds. The van der Waals surface area contributed by atoms with Gasteiger partial charge < -0.3 is 9.84 Å². The highest BCUT2D eigenvalue weighted by atomic mass is 19.1. The van der Waals surface area contributed by atoms with Crippen molar-refractivity contribution in [1.29, 1.82) is 0 Å². The van der Waals surface area contributed by atoms with Crippen molar-refractivity contribution in [2.75, 3.05) is 0 Å². The molecule has 0 spiro atoms. The summed E-state index contributed by atoms with van der Waals surface area (Å²) in [6.45, 7) is -0.0614. The third kappa shape index (κ3) is 2.87. The zero-order chi connectivity index (χ0) is 14.0. The van der Waals surface area contributed by atoms with Crippen molar-refractivity contribution < 1.29 is 23.4 Å². The first-order valence-corrected chi connectivity index (χ1v) is 5.30. The van der Waals surface area contributed by atoms with Crippen LogP contribution in [0, 0.1) is 11.6 Å². The van der Waals surface area contributed by atoms with Gasteiger partial charge in [-0.3, -0.25) is 4.68 Å². The third-order valence-electron chi connectivity index (χ3n) is 2.39. The molecule has 0 unspecified atom stereocenters. The average molecular weight is 268 g/mol. The molecule has 0 atom stereocenters. The van der Waals surface area contributed by atoms with Gasteiger partial charge in [0.1, 0.15) is 6.61 Å². The number of aromatic carboxylic acids is 1. The summed E-state index contributed by atoms with van der Waals surface area (Å²) in [5, 5.41) is 12.5. The van der Waals surface area contributed by atoms with E-state index in [9.17, 15) is 13.6 Å². The zero-order valence-corrected chi connectivity index (χ0v) is 9.93. The minimum Gasteiger partial charge on any atom is -0.483 e. The predicted molar refractivity (Wildman–Crippen MR) is 60.9 cm³/mol. The Morgan fingerprint density at radius 1 is 1.42 bits per heavy atom. The Bertz CT molecular complexity index is 602. The molecule has 0 radical (unpaired) electrons. The second-order valence-corrected chi connectivity index (χ2v) is 3.89. The van der Waals surface area contributed by atoms with E-state index in [1.807, 2.05) is 0 Å². The lowest BCUT2D eigenvalue weighted by atomic mass is 10.2. The summed E-state index contributed by atoms with van der Waals surface area (Å²) in [6.07, 6.45) is 3.14. The Labute approximate surface area is 107 Å². The number of carboxylic acid groups (broad SMARTS) is 1. The first kappa shape index (κ1) is 13.0. The maximum absolute atomic E-state index is 13.5. The third-order valence-corrected chi connectivity index (χ3v) is 2.39. The fraction of sp³-hybridized carbons (Fsp3) is 0.167. The maximum Gasteiger partial charge on any atom is 0.335 e. The molecule has 0 bridgehead atoms. The molecule has 100 valence electrons. The second kappa shape index (κ2) is 5.05. The van der Waals surface area contributed by atoms with Crippen molar-refractivity contribution in [3.05, 3.63) is 47.3 Å². The summed E-state index contributed by atoms with van der Waals surface area (Å²) >= 11 is 0. The quantitative estimate of drug-likeness (QED) is 0.920. The lowest BCUT2D eigenvalue weighted by Crippen LogP contribution is -2.03. The number of halogens is 2. The molecule has 1 heterocycles. The van der Waals surface area contributed by atoms with Crippen LogP contribution in [0.15, 0.2) is 24.5 Å². The Hall–Kier alpha value is -2.44. The standard InChI is InChI=1S/C12H10F2N2O3/c1-16-5-7(4-15-16)6-19-11-9(13)2-8(12(17)18)3-10(11)14/h2-5H,6H2,1H3,(H,17,18). The molecule has 2 aromatic rings. The zero-order valence-electron chi connectivity index (χ0n) is 9.93. The summed E-state index contributed by atoms with van der Waals surface area (Å²) in [6, 6.07) is 1.42. The van der Waals surface area contributed by atoms with E-state index in [0.29, 0.717) is 17.7 Å². The van der Waals surface area contributed by atoms with Crippen molar-refractivity contribution in [3.63, 3.8) is 0 Å². The fourth-order valence-electron chi connectivity index (χ4n) is 1.52. The van der Waals surface area contributed by atoms with Gasteiger partial charge in [0.15, 0.2) is 17.4 Å². The van der Waals surface area contributed by atoms with E-state index >= 15 is 0 Å².